The molecule has 3 rings (SSSR count). The van der Waals surface area contributed by atoms with E-state index < -0.39 is 17.7 Å². The minimum Gasteiger partial charge on any atom is 1.00 e. The molecule has 0 aliphatic heterocycles. The Bertz CT molecular complexity index is 982. The standard InChI is InChI=1S/C15H13F5N5S.2ClH.Li.Zn/c1-4-26-13-10(22-7-24(13)2)12-23-9-5-8(6-21-11(9)25(12)3)14(16,17)15(18,19)20;;;;/h5-6H,4H2,1-3H3;2*1H;;/q-1;;;+1;+2/p-2. The molecular formula is C15H13Cl2F5LiN5SZn. The van der Waals surface area contributed by atoms with E-state index in [0.29, 0.717) is 23.8 Å². The zero-order chi connectivity index (χ0) is 21.3. The molecule has 5 nitrogen and oxygen atoms in total. The number of hydrogen-bond donors (Lipinski definition) is 0. The number of halogens is 7. The number of thioether (sulfide) groups is 1. The number of alkyl halides is 5. The smallest absolute Gasteiger partial charge is 1.00 e. The maximum Gasteiger partial charge on any atom is 1.00 e. The van der Waals surface area contributed by atoms with Gasteiger partial charge in [0.1, 0.15) is 5.52 Å². The first-order valence-electron chi connectivity index (χ1n) is 7.69. The summed E-state index contributed by atoms with van der Waals surface area (Å²) in [5.41, 5.74) is -0.677. The second kappa shape index (κ2) is 11.5. The molecule has 0 saturated carbocycles. The third-order valence-electron chi connectivity index (χ3n) is 3.74. The fourth-order valence-electron chi connectivity index (χ4n) is 2.45. The van der Waals surface area contributed by atoms with Gasteiger partial charge in [-0.1, -0.05) is 11.9 Å². The summed E-state index contributed by atoms with van der Waals surface area (Å²) in [7, 11) is 8.10. The van der Waals surface area contributed by atoms with Gasteiger partial charge in [0.15, 0.2) is 5.65 Å². The van der Waals surface area contributed by atoms with Crippen LogP contribution in [0.3, 0.4) is 0 Å². The predicted molar refractivity (Wildman–Crippen MR) is 91.7 cm³/mol. The summed E-state index contributed by atoms with van der Waals surface area (Å²) < 4.78 is 68.1. The van der Waals surface area contributed by atoms with Crippen LogP contribution in [0.1, 0.15) is 12.5 Å². The van der Waals surface area contributed by atoms with Crippen molar-refractivity contribution in [2.75, 3.05) is 5.75 Å². The van der Waals surface area contributed by atoms with Gasteiger partial charge in [-0.2, -0.15) is 33.7 Å². The van der Waals surface area contributed by atoms with Gasteiger partial charge in [0, 0.05) is 19.6 Å². The Morgan fingerprint density at radius 2 is 1.80 bits per heavy atom. The molecule has 0 unspecified atom stereocenters. The molecule has 0 radical (unpaired) electrons. The predicted octanol–water partition coefficient (Wildman–Crippen LogP) is -1.37. The van der Waals surface area contributed by atoms with Crippen LogP contribution >= 0.6 is 21.5 Å². The second-order valence-electron chi connectivity index (χ2n) is 5.49. The topological polar surface area (TPSA) is 48.5 Å². The zero-order valence-corrected chi connectivity index (χ0v) is 21.7. The summed E-state index contributed by atoms with van der Waals surface area (Å²) in [5, 5.41) is 0.756. The minimum absolute atomic E-state index is 0. The van der Waals surface area contributed by atoms with Crippen molar-refractivity contribution in [1.82, 2.24) is 24.1 Å². The summed E-state index contributed by atoms with van der Waals surface area (Å²) in [6, 6.07) is 0.707. The van der Waals surface area contributed by atoms with Crippen LogP contribution in [-0.4, -0.2) is 36.0 Å². The molecule has 3 aromatic rings. The number of nitrogens with zero attached hydrogens (tertiary/aromatic N) is 5. The molecule has 0 atom stereocenters. The fraction of sp³-hybridized carbons (Fsp3) is 0.400. The van der Waals surface area contributed by atoms with Crippen LogP contribution < -0.4 is 31.3 Å². The summed E-state index contributed by atoms with van der Waals surface area (Å²) in [6.45, 7) is 1.95. The van der Waals surface area contributed by atoms with Crippen LogP contribution in [0.25, 0.3) is 22.7 Å². The van der Waals surface area contributed by atoms with E-state index >= 15 is 0 Å². The normalized spacial score (nSPS) is 11.4. The Hall–Kier alpha value is -0.369. The van der Waals surface area contributed by atoms with Crippen molar-refractivity contribution in [3.05, 3.63) is 24.2 Å². The molecule has 30 heavy (non-hydrogen) atoms. The van der Waals surface area contributed by atoms with Gasteiger partial charge >= 0.3 is 58.0 Å². The van der Waals surface area contributed by atoms with Crippen LogP contribution in [0.15, 0.2) is 17.3 Å². The number of pyridine rings is 1. The second-order valence-corrected chi connectivity index (χ2v) is 6.74. The van der Waals surface area contributed by atoms with E-state index in [1.165, 1.54) is 16.3 Å². The maximum atomic E-state index is 13.6. The van der Waals surface area contributed by atoms with Crippen molar-refractivity contribution < 1.29 is 70.5 Å². The van der Waals surface area contributed by atoms with Gasteiger partial charge in [0.05, 0.1) is 11.4 Å². The minimum atomic E-state index is -5.71. The molecule has 0 aromatic carbocycles. The van der Waals surface area contributed by atoms with Crippen molar-refractivity contribution >= 4 is 32.6 Å². The van der Waals surface area contributed by atoms with Crippen molar-refractivity contribution in [2.24, 2.45) is 14.1 Å². The zero-order valence-electron chi connectivity index (χ0n) is 16.4. The molecule has 0 spiro atoms. The van der Waals surface area contributed by atoms with Gasteiger partial charge < -0.3 is 26.5 Å². The van der Waals surface area contributed by atoms with Crippen LogP contribution in [-0.2, 0) is 37.3 Å². The third kappa shape index (κ3) is 5.51. The van der Waals surface area contributed by atoms with Crippen molar-refractivity contribution in [1.29, 1.82) is 0 Å². The largest absolute Gasteiger partial charge is 1.00 e. The van der Waals surface area contributed by atoms with E-state index in [1.54, 1.807) is 18.7 Å². The van der Waals surface area contributed by atoms with Gasteiger partial charge in [-0.15, -0.1) is 0 Å². The van der Waals surface area contributed by atoms with Crippen LogP contribution in [0.4, 0.5) is 22.0 Å². The molecule has 0 bridgehead atoms. The fourth-order valence-corrected chi connectivity index (χ4v) is 3.23. The van der Waals surface area contributed by atoms with E-state index in [1.807, 2.05) is 6.92 Å². The number of aromatic nitrogens is 5. The van der Waals surface area contributed by atoms with Crippen LogP contribution in [0.5, 0.6) is 0 Å². The van der Waals surface area contributed by atoms with Gasteiger partial charge in [-0.25, -0.2) is 9.97 Å². The molecule has 0 fully saturated rings. The van der Waals surface area contributed by atoms with E-state index in [0.717, 1.165) is 28.1 Å². The van der Waals surface area contributed by atoms with E-state index in [2.05, 4.69) is 21.3 Å². The van der Waals surface area contributed by atoms with Crippen molar-refractivity contribution in [3.63, 3.8) is 0 Å². The Morgan fingerprint density at radius 3 is 2.33 bits per heavy atom. The monoisotopic (exact) mass is 531 g/mol. The van der Waals surface area contributed by atoms with Crippen molar-refractivity contribution in [2.45, 2.75) is 24.0 Å². The Labute approximate surface area is 205 Å². The molecular weight excluding hydrogens is 520 g/mol. The van der Waals surface area contributed by atoms with Gasteiger partial charge in [0.25, 0.3) is 0 Å². The average Bonchev–Trinajstić information content (AvgIpc) is 3.16. The third-order valence-corrected chi connectivity index (χ3v) is 4.77. The summed E-state index contributed by atoms with van der Waals surface area (Å²) in [6.07, 6.45) is -2.44. The molecule has 156 valence electrons. The SMILES string of the molecule is CCSc1c(-c2nc3cc(C(F)(F)C(F)(F)F)cnc3n2C)n[c-]n1C.[Cl-].[Cl][Zn+].[Li+]. The molecule has 3 heterocycles. The summed E-state index contributed by atoms with van der Waals surface area (Å²) in [4.78, 5) is 12.1. The molecule has 0 N–H and O–H groups in total. The maximum absolute atomic E-state index is 13.6. The number of imidazole rings is 2. The number of rotatable bonds is 4. The number of fused-ring (bicyclic) bond motifs is 1. The molecule has 0 saturated heterocycles. The molecule has 0 aliphatic rings. The van der Waals surface area contributed by atoms with Gasteiger partial charge in [-0.3, -0.25) is 0 Å². The first-order valence-corrected chi connectivity index (χ1v) is 12.6. The average molecular weight is 534 g/mol. The quantitative estimate of drug-likeness (QED) is 0.180. The van der Waals surface area contributed by atoms with Crippen molar-refractivity contribution in [3.8, 4) is 11.5 Å². The summed E-state index contributed by atoms with van der Waals surface area (Å²) >= 11 is 2.33. The van der Waals surface area contributed by atoms with Crippen LogP contribution in [0.2, 0.25) is 0 Å². The van der Waals surface area contributed by atoms with Gasteiger partial charge in [0.2, 0.25) is 0 Å². The Balaban J connectivity index is 0.00000204. The summed E-state index contributed by atoms with van der Waals surface area (Å²) in [5.74, 6) is -3.94. The van der Waals surface area contributed by atoms with E-state index in [4.69, 9.17) is 9.69 Å². The molecule has 0 amide bonds. The van der Waals surface area contributed by atoms with E-state index in [9.17, 15) is 22.0 Å². The molecule has 0 aliphatic carbocycles. The van der Waals surface area contributed by atoms with Crippen LogP contribution in [0, 0.1) is 6.33 Å². The molecule has 3 aromatic heterocycles. The number of aryl methyl sites for hydroxylation is 2. The van der Waals surface area contributed by atoms with Gasteiger partial charge in [-0.05, 0) is 24.6 Å². The molecule has 15 heteroatoms. The first kappa shape index (κ1) is 29.6. The number of hydrogen-bond acceptors (Lipinski definition) is 4. The Morgan fingerprint density at radius 1 is 1.20 bits per heavy atom. The Kier molecular flexibility index (Phi) is 11.3. The van der Waals surface area contributed by atoms with E-state index in [-0.39, 0.29) is 42.4 Å². The first-order chi connectivity index (χ1) is 13.1.